The van der Waals surface area contributed by atoms with Crippen molar-refractivity contribution in [3.8, 4) is 5.75 Å². The van der Waals surface area contributed by atoms with E-state index in [-0.39, 0.29) is 0 Å². The Morgan fingerprint density at radius 1 is 1.58 bits per heavy atom. The summed E-state index contributed by atoms with van der Waals surface area (Å²) in [7, 11) is 1.62. The van der Waals surface area contributed by atoms with Crippen molar-refractivity contribution >= 4 is 0 Å². The van der Waals surface area contributed by atoms with Gasteiger partial charge in [-0.2, -0.15) is 0 Å². The summed E-state index contributed by atoms with van der Waals surface area (Å²) < 4.78 is 5.03. The molecule has 0 spiro atoms. The van der Waals surface area contributed by atoms with Gasteiger partial charge in [0.1, 0.15) is 5.75 Å². The van der Waals surface area contributed by atoms with Gasteiger partial charge < -0.3 is 9.84 Å². The van der Waals surface area contributed by atoms with Gasteiger partial charge in [0.25, 0.3) is 0 Å². The molecule has 0 heterocycles. The van der Waals surface area contributed by atoms with Crippen molar-refractivity contribution in [1.82, 2.24) is 0 Å². The summed E-state index contributed by atoms with van der Waals surface area (Å²) in [6.45, 7) is 3.50. The van der Waals surface area contributed by atoms with Gasteiger partial charge in [-0.3, -0.25) is 0 Å². The number of hydrogen-bond donors (Lipinski definition) is 1. The van der Waals surface area contributed by atoms with Crippen LogP contribution < -0.4 is 4.74 Å². The van der Waals surface area contributed by atoms with Crippen molar-refractivity contribution in [1.29, 1.82) is 0 Å². The molecule has 0 aliphatic carbocycles. The maximum absolute atomic E-state index is 9.02. The van der Waals surface area contributed by atoms with Crippen molar-refractivity contribution < 1.29 is 9.84 Å². The minimum Gasteiger partial charge on any atom is -0.497 e. The molecule has 0 amide bonds. The molecule has 12 heavy (non-hydrogen) atoms. The Morgan fingerprint density at radius 2 is 2.33 bits per heavy atom. The molecule has 0 aliphatic heterocycles. The highest BCUT2D eigenvalue weighted by Crippen LogP contribution is 2.13. The fourth-order valence-corrected chi connectivity index (χ4v) is 1.07. The van der Waals surface area contributed by atoms with E-state index < -0.39 is 6.10 Å². The Kier molecular flexibility index (Phi) is 3.11. The summed E-state index contributed by atoms with van der Waals surface area (Å²) in [6.07, 6.45) is 0.0223. The lowest BCUT2D eigenvalue weighted by Gasteiger charge is -2.05. The Morgan fingerprint density at radius 3 is 2.92 bits per heavy atom. The average Bonchev–Trinajstić information content (AvgIpc) is 2.03. The molecular weight excluding hydrogens is 152 g/mol. The van der Waals surface area contributed by atoms with E-state index in [1.54, 1.807) is 7.11 Å². The summed E-state index contributed by atoms with van der Waals surface area (Å²) in [5.74, 6) is 0.813. The molecule has 0 aromatic heterocycles. The van der Waals surface area contributed by atoms with Gasteiger partial charge in [-0.15, -0.1) is 0 Å². The van der Waals surface area contributed by atoms with Crippen molar-refractivity contribution in [2.24, 2.45) is 0 Å². The zero-order valence-corrected chi connectivity index (χ0v) is 7.16. The normalized spacial score (nSPS) is 12.6. The fraction of sp³-hybridized carbons (Fsp3) is 0.300. The molecular formula is C10H13O2. The van der Waals surface area contributed by atoms with E-state index in [2.05, 4.69) is 6.92 Å². The molecule has 0 bridgehead atoms. The van der Waals surface area contributed by atoms with Crippen LogP contribution in [0.15, 0.2) is 24.3 Å². The highest BCUT2D eigenvalue weighted by atomic mass is 16.5. The molecule has 0 saturated carbocycles. The predicted molar refractivity (Wildman–Crippen MR) is 48.1 cm³/mol. The van der Waals surface area contributed by atoms with E-state index in [9.17, 15) is 0 Å². The Balaban J connectivity index is 2.72. The van der Waals surface area contributed by atoms with Gasteiger partial charge >= 0.3 is 0 Å². The fourth-order valence-electron chi connectivity index (χ4n) is 1.07. The smallest absolute Gasteiger partial charge is 0.119 e. The number of hydrogen-bond acceptors (Lipinski definition) is 2. The Bertz CT molecular complexity index is 243. The molecule has 1 atom stereocenters. The van der Waals surface area contributed by atoms with Crippen LogP contribution in [0.25, 0.3) is 0 Å². The van der Waals surface area contributed by atoms with Crippen LogP contribution in [0.2, 0.25) is 0 Å². The molecule has 0 fully saturated rings. The third-order valence-corrected chi connectivity index (χ3v) is 1.61. The third-order valence-electron chi connectivity index (χ3n) is 1.61. The number of ether oxygens (including phenoxy) is 1. The zero-order chi connectivity index (χ0) is 8.97. The number of methoxy groups -OCH3 is 1. The predicted octanol–water partition coefficient (Wildman–Crippen LogP) is 1.43. The summed E-state index contributed by atoms with van der Waals surface area (Å²) in [5.41, 5.74) is 1.04. The summed E-state index contributed by atoms with van der Waals surface area (Å²) in [5, 5.41) is 9.02. The Labute approximate surface area is 72.8 Å². The minimum atomic E-state index is -0.544. The molecule has 2 heteroatoms. The molecule has 65 valence electrons. The van der Waals surface area contributed by atoms with Crippen LogP contribution in [-0.4, -0.2) is 18.3 Å². The Hall–Kier alpha value is -1.02. The van der Waals surface area contributed by atoms with Crippen molar-refractivity contribution in [2.75, 3.05) is 7.11 Å². The minimum absolute atomic E-state index is 0.544. The van der Waals surface area contributed by atoms with Gasteiger partial charge in [-0.1, -0.05) is 12.1 Å². The van der Waals surface area contributed by atoms with Gasteiger partial charge in [0.05, 0.1) is 13.2 Å². The maximum atomic E-state index is 9.02. The van der Waals surface area contributed by atoms with Crippen LogP contribution in [0.3, 0.4) is 0 Å². The van der Waals surface area contributed by atoms with Crippen LogP contribution in [0, 0.1) is 6.92 Å². The quantitative estimate of drug-likeness (QED) is 0.734. The van der Waals surface area contributed by atoms with Crippen LogP contribution >= 0.6 is 0 Å². The first-order valence-electron chi connectivity index (χ1n) is 3.86. The van der Waals surface area contributed by atoms with Gasteiger partial charge in [-0.05, 0) is 31.0 Å². The maximum Gasteiger partial charge on any atom is 0.119 e. The van der Waals surface area contributed by atoms with Crippen LogP contribution in [-0.2, 0) is 6.42 Å². The van der Waals surface area contributed by atoms with Crippen LogP contribution in [0.5, 0.6) is 5.75 Å². The van der Waals surface area contributed by atoms with Crippen LogP contribution in [0.4, 0.5) is 0 Å². The van der Waals surface area contributed by atoms with E-state index in [0.717, 1.165) is 11.3 Å². The van der Waals surface area contributed by atoms with E-state index >= 15 is 0 Å². The molecule has 1 radical (unpaired) electrons. The topological polar surface area (TPSA) is 29.5 Å². The molecule has 1 aromatic carbocycles. The summed E-state index contributed by atoms with van der Waals surface area (Å²) in [6, 6.07) is 7.61. The van der Waals surface area contributed by atoms with E-state index in [4.69, 9.17) is 9.84 Å². The van der Waals surface area contributed by atoms with Crippen LogP contribution in [0.1, 0.15) is 5.56 Å². The first-order valence-corrected chi connectivity index (χ1v) is 3.86. The molecule has 1 aromatic rings. The van der Waals surface area contributed by atoms with Crippen molar-refractivity contribution in [3.05, 3.63) is 36.8 Å². The second-order valence-electron chi connectivity index (χ2n) is 2.71. The number of rotatable bonds is 3. The highest BCUT2D eigenvalue weighted by molar-refractivity contribution is 5.28. The largest absolute Gasteiger partial charge is 0.497 e. The van der Waals surface area contributed by atoms with E-state index in [1.165, 1.54) is 0 Å². The van der Waals surface area contributed by atoms with Crippen molar-refractivity contribution in [2.45, 2.75) is 12.5 Å². The van der Waals surface area contributed by atoms with Gasteiger partial charge in [0, 0.05) is 0 Å². The molecule has 0 saturated heterocycles. The van der Waals surface area contributed by atoms with E-state index in [0.29, 0.717) is 6.42 Å². The summed E-state index contributed by atoms with van der Waals surface area (Å²) in [4.78, 5) is 0. The number of benzene rings is 1. The summed E-state index contributed by atoms with van der Waals surface area (Å²) >= 11 is 0. The van der Waals surface area contributed by atoms with E-state index in [1.807, 2.05) is 24.3 Å². The number of aliphatic hydroxyl groups is 1. The second kappa shape index (κ2) is 4.12. The first-order chi connectivity index (χ1) is 5.72. The lowest BCUT2D eigenvalue weighted by atomic mass is 10.1. The molecule has 1 unspecified atom stereocenters. The van der Waals surface area contributed by atoms with Crippen molar-refractivity contribution in [3.63, 3.8) is 0 Å². The lowest BCUT2D eigenvalue weighted by Crippen LogP contribution is -2.04. The molecule has 0 aliphatic rings. The second-order valence-corrected chi connectivity index (χ2v) is 2.71. The molecule has 1 N–H and O–H groups in total. The lowest BCUT2D eigenvalue weighted by molar-refractivity contribution is 0.221. The standard InChI is InChI=1S/C10H13O2/c1-8(11)6-9-4-3-5-10(7-9)12-2/h3-5,7-8,11H,1,6H2,2H3. The van der Waals surface area contributed by atoms with Gasteiger partial charge in [0.2, 0.25) is 0 Å². The van der Waals surface area contributed by atoms with Gasteiger partial charge in [-0.25, -0.2) is 0 Å². The third kappa shape index (κ3) is 2.55. The molecule has 2 nitrogen and oxygen atoms in total. The highest BCUT2D eigenvalue weighted by Gasteiger charge is 1.99. The average molecular weight is 165 g/mol. The monoisotopic (exact) mass is 165 g/mol. The van der Waals surface area contributed by atoms with Gasteiger partial charge in [0.15, 0.2) is 0 Å². The zero-order valence-electron chi connectivity index (χ0n) is 7.16. The number of aliphatic hydroxyl groups excluding tert-OH is 1. The molecule has 1 rings (SSSR count). The SMILES string of the molecule is [CH2]C(O)Cc1cccc(OC)c1. The first kappa shape index (κ1) is 9.07.